The van der Waals surface area contributed by atoms with Gasteiger partial charge in [-0.1, -0.05) is 11.3 Å². The number of piperidine rings is 1. The fourth-order valence-electron chi connectivity index (χ4n) is 2.94. The topological polar surface area (TPSA) is 58.0 Å². The van der Waals surface area contributed by atoms with Gasteiger partial charge in [-0.3, -0.25) is 0 Å². The van der Waals surface area contributed by atoms with E-state index in [4.69, 9.17) is 0 Å². The second kappa shape index (κ2) is 6.32. The summed E-state index contributed by atoms with van der Waals surface area (Å²) in [6, 6.07) is 0.475. The largest absolute Gasteiger partial charge is 0.347 e. The molecule has 2 aromatic rings. The van der Waals surface area contributed by atoms with Crippen molar-refractivity contribution >= 4 is 38.3 Å². The van der Waals surface area contributed by atoms with Crippen molar-refractivity contribution in [3.05, 3.63) is 21.9 Å². The molecule has 23 heavy (non-hydrogen) atoms. The molecule has 1 aliphatic carbocycles. The number of hydrogen-bond acceptors (Lipinski definition) is 7. The average molecular weight is 395 g/mol. The first-order chi connectivity index (χ1) is 11.2. The lowest BCUT2D eigenvalue weighted by Crippen LogP contribution is -2.44. The van der Waals surface area contributed by atoms with Crippen molar-refractivity contribution in [1.82, 2.24) is 20.2 Å². The summed E-state index contributed by atoms with van der Waals surface area (Å²) in [5.41, 5.74) is 0. The second-order valence-electron chi connectivity index (χ2n) is 6.23. The predicted molar refractivity (Wildman–Crippen MR) is 95.3 cm³/mol. The van der Waals surface area contributed by atoms with Crippen LogP contribution in [0.2, 0.25) is 0 Å². The lowest BCUT2D eigenvalue weighted by atomic mass is 10.0. The number of aromatic nitrogens is 4. The number of halogens is 1. The third-order valence-electron chi connectivity index (χ3n) is 4.56. The summed E-state index contributed by atoms with van der Waals surface area (Å²) in [6.45, 7) is 2.04. The summed E-state index contributed by atoms with van der Waals surface area (Å²) in [5, 5.41) is 11.1. The van der Waals surface area contributed by atoms with Gasteiger partial charge in [0.15, 0.2) is 0 Å². The second-order valence-corrected chi connectivity index (χ2v) is 8.13. The molecule has 8 heteroatoms. The molecule has 2 aliphatic rings. The zero-order valence-corrected chi connectivity index (χ0v) is 15.4. The van der Waals surface area contributed by atoms with Crippen molar-refractivity contribution < 1.29 is 0 Å². The first-order valence-electron chi connectivity index (χ1n) is 7.99. The molecule has 0 N–H and O–H groups in total. The van der Waals surface area contributed by atoms with Gasteiger partial charge in [-0.15, -0.1) is 10.2 Å². The third-order valence-corrected chi connectivity index (χ3v) is 6.12. The summed E-state index contributed by atoms with van der Waals surface area (Å²) in [7, 11) is 2.08. The number of rotatable bonds is 4. The van der Waals surface area contributed by atoms with Crippen molar-refractivity contribution in [1.29, 1.82) is 0 Å². The van der Waals surface area contributed by atoms with Crippen LogP contribution in [-0.2, 0) is 0 Å². The van der Waals surface area contributed by atoms with Gasteiger partial charge < -0.3 is 9.80 Å². The lowest BCUT2D eigenvalue weighted by Gasteiger charge is -2.36. The summed E-state index contributed by atoms with van der Waals surface area (Å²) in [4.78, 5) is 13.4. The fraction of sp³-hybridized carbons (Fsp3) is 0.600. The zero-order chi connectivity index (χ0) is 15.8. The standard InChI is InChI=1S/C15H19BrN6S/c1-21(14-17-8-11(16)9-18-14)12-4-6-22(7-5-12)15-20-19-13(23-15)10-2-3-10/h8-10,12H,2-7H2,1H3. The van der Waals surface area contributed by atoms with E-state index in [2.05, 4.69) is 52.9 Å². The van der Waals surface area contributed by atoms with Crippen molar-refractivity contribution in [2.75, 3.05) is 29.9 Å². The molecule has 1 aliphatic heterocycles. The molecular formula is C15H19BrN6S. The van der Waals surface area contributed by atoms with Crippen molar-refractivity contribution in [2.24, 2.45) is 0 Å². The molecule has 0 aromatic carbocycles. The van der Waals surface area contributed by atoms with Crippen LogP contribution in [0.5, 0.6) is 0 Å². The summed E-state index contributed by atoms with van der Waals surface area (Å²) in [5.74, 6) is 1.48. The molecule has 1 saturated carbocycles. The highest BCUT2D eigenvalue weighted by molar-refractivity contribution is 9.10. The quantitative estimate of drug-likeness (QED) is 0.793. The molecule has 1 saturated heterocycles. The molecule has 2 aromatic heterocycles. The Bertz CT molecular complexity index is 663. The highest BCUT2D eigenvalue weighted by Gasteiger charge is 2.30. The van der Waals surface area contributed by atoms with Crippen LogP contribution in [0.25, 0.3) is 0 Å². The van der Waals surface area contributed by atoms with Crippen LogP contribution in [0.4, 0.5) is 11.1 Å². The smallest absolute Gasteiger partial charge is 0.225 e. The van der Waals surface area contributed by atoms with E-state index >= 15 is 0 Å². The van der Waals surface area contributed by atoms with Gasteiger partial charge in [0.2, 0.25) is 11.1 Å². The molecule has 0 amide bonds. The molecular weight excluding hydrogens is 376 g/mol. The summed E-state index contributed by atoms with van der Waals surface area (Å²) in [6.07, 6.45) is 8.36. The molecule has 0 bridgehead atoms. The van der Waals surface area contributed by atoms with E-state index in [1.165, 1.54) is 17.8 Å². The maximum absolute atomic E-state index is 4.39. The summed E-state index contributed by atoms with van der Waals surface area (Å²) < 4.78 is 0.909. The monoisotopic (exact) mass is 394 g/mol. The number of nitrogens with zero attached hydrogens (tertiary/aromatic N) is 6. The molecule has 3 heterocycles. The fourth-order valence-corrected chi connectivity index (χ4v) is 4.21. The predicted octanol–water partition coefficient (Wildman–Crippen LogP) is 3.07. The van der Waals surface area contributed by atoms with Gasteiger partial charge in [-0.05, 0) is 41.6 Å². The Morgan fingerprint density at radius 2 is 1.83 bits per heavy atom. The Hall–Kier alpha value is -1.28. The zero-order valence-electron chi connectivity index (χ0n) is 13.0. The number of hydrogen-bond donors (Lipinski definition) is 0. The Morgan fingerprint density at radius 3 is 2.48 bits per heavy atom. The Morgan fingerprint density at radius 1 is 1.13 bits per heavy atom. The minimum Gasteiger partial charge on any atom is -0.347 e. The van der Waals surface area contributed by atoms with Crippen LogP contribution in [0.3, 0.4) is 0 Å². The highest BCUT2D eigenvalue weighted by atomic mass is 79.9. The van der Waals surface area contributed by atoms with Crippen LogP contribution in [-0.4, -0.2) is 46.3 Å². The maximum Gasteiger partial charge on any atom is 0.225 e. The van der Waals surface area contributed by atoms with E-state index in [-0.39, 0.29) is 0 Å². The summed E-state index contributed by atoms with van der Waals surface area (Å²) >= 11 is 5.16. The molecule has 2 fully saturated rings. The van der Waals surface area contributed by atoms with Gasteiger partial charge >= 0.3 is 0 Å². The Balaban J connectivity index is 1.37. The van der Waals surface area contributed by atoms with Gasteiger partial charge in [0, 0.05) is 44.5 Å². The van der Waals surface area contributed by atoms with Gasteiger partial charge in [0.05, 0.1) is 4.47 Å². The van der Waals surface area contributed by atoms with E-state index in [9.17, 15) is 0 Å². The Labute approximate surface area is 148 Å². The normalized spacial score (nSPS) is 19.1. The average Bonchev–Trinajstić information content (AvgIpc) is 3.32. The van der Waals surface area contributed by atoms with Crippen molar-refractivity contribution in [3.8, 4) is 0 Å². The minimum absolute atomic E-state index is 0.475. The van der Waals surface area contributed by atoms with E-state index in [1.807, 2.05) is 0 Å². The van der Waals surface area contributed by atoms with E-state index in [1.54, 1.807) is 23.7 Å². The third kappa shape index (κ3) is 3.33. The minimum atomic E-state index is 0.475. The SMILES string of the molecule is CN(c1ncc(Br)cn1)C1CCN(c2nnc(C3CC3)s2)CC1. The van der Waals surface area contributed by atoms with Gasteiger partial charge in [0.1, 0.15) is 5.01 Å². The number of anilines is 2. The molecule has 0 unspecified atom stereocenters. The highest BCUT2D eigenvalue weighted by Crippen LogP contribution is 2.42. The maximum atomic E-state index is 4.39. The molecule has 6 nitrogen and oxygen atoms in total. The molecule has 0 spiro atoms. The van der Waals surface area contributed by atoms with E-state index in [0.717, 1.165) is 41.5 Å². The van der Waals surface area contributed by atoms with Crippen LogP contribution >= 0.6 is 27.3 Å². The van der Waals surface area contributed by atoms with Crippen LogP contribution in [0, 0.1) is 0 Å². The van der Waals surface area contributed by atoms with Gasteiger partial charge in [0.25, 0.3) is 0 Å². The molecule has 0 radical (unpaired) electrons. The molecule has 4 rings (SSSR count). The van der Waals surface area contributed by atoms with Gasteiger partial charge in [-0.2, -0.15) is 0 Å². The molecule has 122 valence electrons. The Kier molecular flexibility index (Phi) is 4.19. The molecule has 0 atom stereocenters. The van der Waals surface area contributed by atoms with Crippen LogP contribution < -0.4 is 9.80 Å². The van der Waals surface area contributed by atoms with Crippen molar-refractivity contribution in [2.45, 2.75) is 37.6 Å². The van der Waals surface area contributed by atoms with Crippen LogP contribution in [0.15, 0.2) is 16.9 Å². The van der Waals surface area contributed by atoms with Crippen LogP contribution in [0.1, 0.15) is 36.6 Å². The van der Waals surface area contributed by atoms with E-state index < -0.39 is 0 Å². The van der Waals surface area contributed by atoms with Crippen molar-refractivity contribution in [3.63, 3.8) is 0 Å². The first kappa shape index (κ1) is 15.3. The lowest BCUT2D eigenvalue weighted by molar-refractivity contribution is 0.476. The van der Waals surface area contributed by atoms with Gasteiger partial charge in [-0.25, -0.2) is 9.97 Å². The first-order valence-corrected chi connectivity index (χ1v) is 9.60. The van der Waals surface area contributed by atoms with E-state index in [0.29, 0.717) is 12.0 Å².